The SMILES string of the molecule is Cn1cccc1C(=O)Nc1cccc(-c2nn3ncccc3c2-c2ccnc(Cl)n2)c1. The maximum atomic E-state index is 12.6. The molecule has 1 N–H and O–H groups in total. The third-order valence-electron chi connectivity index (χ3n) is 4.87. The number of nitrogens with one attached hydrogen (secondary N) is 1. The van der Waals surface area contributed by atoms with Gasteiger partial charge in [0.05, 0.1) is 16.8 Å². The van der Waals surface area contributed by atoms with E-state index in [0.717, 1.165) is 16.6 Å². The Morgan fingerprint density at radius 1 is 1.06 bits per heavy atom. The molecule has 0 aliphatic rings. The molecule has 5 aromatic rings. The first kappa shape index (κ1) is 19.0. The summed E-state index contributed by atoms with van der Waals surface area (Å²) in [6.07, 6.45) is 5.09. The molecule has 1 aromatic carbocycles. The molecule has 0 spiro atoms. The minimum atomic E-state index is -0.191. The van der Waals surface area contributed by atoms with Crippen LogP contribution in [0.5, 0.6) is 0 Å². The van der Waals surface area contributed by atoms with Gasteiger partial charge >= 0.3 is 0 Å². The van der Waals surface area contributed by atoms with Gasteiger partial charge in [0.25, 0.3) is 5.91 Å². The monoisotopic (exact) mass is 429 g/mol. The molecule has 31 heavy (non-hydrogen) atoms. The summed E-state index contributed by atoms with van der Waals surface area (Å²) in [5.74, 6) is -0.191. The smallest absolute Gasteiger partial charge is 0.272 e. The Morgan fingerprint density at radius 2 is 1.97 bits per heavy atom. The first-order valence-corrected chi connectivity index (χ1v) is 9.84. The molecule has 1 amide bonds. The van der Waals surface area contributed by atoms with Gasteiger partial charge in [-0.1, -0.05) is 12.1 Å². The number of halogens is 1. The number of anilines is 1. The highest BCUT2D eigenvalue weighted by atomic mass is 35.5. The Balaban J connectivity index is 1.60. The lowest BCUT2D eigenvalue weighted by molar-refractivity contribution is 0.101. The van der Waals surface area contributed by atoms with Crippen LogP contribution in [0.25, 0.3) is 28.0 Å². The number of hydrogen-bond acceptors (Lipinski definition) is 5. The molecule has 152 valence electrons. The highest BCUT2D eigenvalue weighted by molar-refractivity contribution is 6.28. The van der Waals surface area contributed by atoms with E-state index < -0.39 is 0 Å². The Labute approximate surface area is 182 Å². The van der Waals surface area contributed by atoms with E-state index in [0.29, 0.717) is 22.8 Å². The lowest BCUT2D eigenvalue weighted by Crippen LogP contribution is -2.15. The summed E-state index contributed by atoms with van der Waals surface area (Å²) in [6, 6.07) is 16.6. The van der Waals surface area contributed by atoms with Gasteiger partial charge in [-0.2, -0.15) is 9.73 Å². The standard InChI is InChI=1S/C22H16ClN7O/c1-29-12-4-8-18(29)21(31)26-15-6-2-5-14(13-15)20-19(16-9-11-24-22(23)27-16)17-7-3-10-25-30(17)28-20/h2-13H,1H3,(H,26,31). The number of hydrogen-bond donors (Lipinski definition) is 1. The van der Waals surface area contributed by atoms with Gasteiger partial charge < -0.3 is 9.88 Å². The average Bonchev–Trinajstić information content (AvgIpc) is 3.37. The number of amides is 1. The lowest BCUT2D eigenvalue weighted by atomic mass is 10.0. The van der Waals surface area contributed by atoms with Crippen molar-refractivity contribution < 1.29 is 4.79 Å². The lowest BCUT2D eigenvalue weighted by Gasteiger charge is -2.08. The molecule has 5 rings (SSSR count). The quantitative estimate of drug-likeness (QED) is 0.434. The van der Waals surface area contributed by atoms with Gasteiger partial charge in [0.2, 0.25) is 5.28 Å². The van der Waals surface area contributed by atoms with Crippen LogP contribution in [0.3, 0.4) is 0 Å². The molecule has 4 heterocycles. The zero-order valence-electron chi connectivity index (χ0n) is 16.4. The first-order valence-electron chi connectivity index (χ1n) is 9.46. The molecule has 0 saturated heterocycles. The van der Waals surface area contributed by atoms with Gasteiger partial charge in [0, 0.05) is 36.9 Å². The minimum absolute atomic E-state index is 0.148. The van der Waals surface area contributed by atoms with Crippen molar-refractivity contribution in [1.29, 1.82) is 0 Å². The molecule has 0 fully saturated rings. The van der Waals surface area contributed by atoms with Crippen molar-refractivity contribution >= 4 is 28.7 Å². The van der Waals surface area contributed by atoms with Crippen molar-refractivity contribution in [2.24, 2.45) is 7.05 Å². The van der Waals surface area contributed by atoms with Crippen LogP contribution < -0.4 is 5.32 Å². The van der Waals surface area contributed by atoms with Crippen LogP contribution in [0.15, 0.2) is 73.2 Å². The second kappa shape index (κ2) is 7.66. The average molecular weight is 430 g/mol. The van der Waals surface area contributed by atoms with Gasteiger partial charge in [-0.3, -0.25) is 4.79 Å². The highest BCUT2D eigenvalue weighted by Crippen LogP contribution is 2.34. The first-order chi connectivity index (χ1) is 15.1. The third kappa shape index (κ3) is 3.53. The summed E-state index contributed by atoms with van der Waals surface area (Å²) in [6.45, 7) is 0. The van der Waals surface area contributed by atoms with E-state index in [1.807, 2.05) is 55.7 Å². The molecule has 0 aliphatic carbocycles. The van der Waals surface area contributed by atoms with Crippen LogP contribution in [-0.2, 0) is 7.05 Å². The second-order valence-electron chi connectivity index (χ2n) is 6.87. The number of carbonyl (C=O) groups excluding carboxylic acids is 1. The molecule has 0 radical (unpaired) electrons. The molecule has 0 aliphatic heterocycles. The molecule has 0 saturated carbocycles. The molecular formula is C22H16ClN7O. The topological polar surface area (TPSA) is 90.0 Å². The fourth-order valence-electron chi connectivity index (χ4n) is 3.46. The molecule has 4 aromatic heterocycles. The number of carbonyl (C=O) groups is 1. The predicted molar refractivity (Wildman–Crippen MR) is 118 cm³/mol. The number of aryl methyl sites for hydroxylation is 1. The minimum Gasteiger partial charge on any atom is -0.347 e. The van der Waals surface area contributed by atoms with Crippen LogP contribution in [0.4, 0.5) is 5.69 Å². The molecular weight excluding hydrogens is 414 g/mol. The van der Waals surface area contributed by atoms with E-state index in [2.05, 4.69) is 25.5 Å². The molecule has 9 heteroatoms. The number of nitrogens with zero attached hydrogens (tertiary/aromatic N) is 6. The zero-order chi connectivity index (χ0) is 21.4. The van der Waals surface area contributed by atoms with E-state index in [9.17, 15) is 4.79 Å². The normalized spacial score (nSPS) is 11.0. The maximum Gasteiger partial charge on any atom is 0.272 e. The maximum absolute atomic E-state index is 12.6. The van der Waals surface area contributed by atoms with Crippen molar-refractivity contribution in [2.45, 2.75) is 0 Å². The van der Waals surface area contributed by atoms with E-state index in [1.165, 1.54) is 0 Å². The van der Waals surface area contributed by atoms with Crippen molar-refractivity contribution in [3.05, 3.63) is 84.2 Å². The third-order valence-corrected chi connectivity index (χ3v) is 5.05. The summed E-state index contributed by atoms with van der Waals surface area (Å²) in [7, 11) is 1.83. The van der Waals surface area contributed by atoms with Gasteiger partial charge in [-0.05, 0) is 54.1 Å². The fourth-order valence-corrected chi connectivity index (χ4v) is 3.61. The van der Waals surface area contributed by atoms with Crippen molar-refractivity contribution in [1.82, 2.24) is 29.4 Å². The van der Waals surface area contributed by atoms with Gasteiger partial charge in [0.1, 0.15) is 11.4 Å². The Morgan fingerprint density at radius 3 is 2.77 bits per heavy atom. The molecule has 0 atom stereocenters. The molecule has 0 bridgehead atoms. The van der Waals surface area contributed by atoms with Crippen molar-refractivity contribution in [3.63, 3.8) is 0 Å². The van der Waals surface area contributed by atoms with Gasteiger partial charge in [-0.25, -0.2) is 9.97 Å². The number of benzene rings is 1. The largest absolute Gasteiger partial charge is 0.347 e. The summed E-state index contributed by atoms with van der Waals surface area (Å²) in [5, 5.41) is 12.1. The Kier molecular flexibility index (Phi) is 4.68. The molecule has 0 unspecified atom stereocenters. The van der Waals surface area contributed by atoms with Crippen LogP contribution in [0, 0.1) is 0 Å². The van der Waals surface area contributed by atoms with Crippen molar-refractivity contribution in [2.75, 3.05) is 5.32 Å². The number of aromatic nitrogens is 6. The summed E-state index contributed by atoms with van der Waals surface area (Å²) >= 11 is 6.04. The molecule has 8 nitrogen and oxygen atoms in total. The van der Waals surface area contributed by atoms with Crippen LogP contribution in [-0.4, -0.2) is 35.3 Å². The Hall–Kier alpha value is -4.04. The fraction of sp³-hybridized carbons (Fsp3) is 0.0455. The predicted octanol–water partition coefficient (Wildman–Crippen LogP) is 4.10. The van der Waals surface area contributed by atoms with Crippen LogP contribution in [0.2, 0.25) is 5.28 Å². The van der Waals surface area contributed by atoms with Gasteiger partial charge in [-0.15, -0.1) is 5.10 Å². The number of fused-ring (bicyclic) bond motifs is 1. The summed E-state index contributed by atoms with van der Waals surface area (Å²) in [5.41, 5.74) is 4.90. The van der Waals surface area contributed by atoms with Gasteiger partial charge in [0.15, 0.2) is 0 Å². The van der Waals surface area contributed by atoms with E-state index >= 15 is 0 Å². The van der Waals surface area contributed by atoms with Crippen LogP contribution in [0.1, 0.15) is 10.5 Å². The van der Waals surface area contributed by atoms with Crippen LogP contribution >= 0.6 is 11.6 Å². The van der Waals surface area contributed by atoms with Crippen molar-refractivity contribution in [3.8, 4) is 22.5 Å². The van der Waals surface area contributed by atoms with E-state index in [1.54, 1.807) is 33.7 Å². The highest BCUT2D eigenvalue weighted by Gasteiger charge is 2.19. The summed E-state index contributed by atoms with van der Waals surface area (Å²) < 4.78 is 3.32. The van der Waals surface area contributed by atoms with E-state index in [4.69, 9.17) is 11.6 Å². The Bertz CT molecular complexity index is 1420. The second-order valence-corrected chi connectivity index (χ2v) is 7.21. The van der Waals surface area contributed by atoms with E-state index in [-0.39, 0.29) is 11.2 Å². The summed E-state index contributed by atoms with van der Waals surface area (Å²) in [4.78, 5) is 21.0. The number of rotatable bonds is 4. The zero-order valence-corrected chi connectivity index (χ0v) is 17.2.